The number of rotatable bonds is 5. The van der Waals surface area contributed by atoms with Gasteiger partial charge in [-0.1, -0.05) is 12.1 Å². The second kappa shape index (κ2) is 6.05. The molecule has 3 nitrogen and oxygen atoms in total. The van der Waals surface area contributed by atoms with Crippen molar-refractivity contribution in [3.63, 3.8) is 0 Å². The van der Waals surface area contributed by atoms with Crippen molar-refractivity contribution in [1.29, 1.82) is 0 Å². The highest BCUT2D eigenvalue weighted by atomic mass is 16.3. The van der Waals surface area contributed by atoms with Crippen LogP contribution < -0.4 is 4.90 Å². The van der Waals surface area contributed by atoms with Crippen LogP contribution in [0.2, 0.25) is 0 Å². The molecule has 1 aromatic heterocycles. The molecule has 0 radical (unpaired) electrons. The molecule has 0 amide bonds. The minimum absolute atomic E-state index is 0.628. The molecule has 2 rings (SSSR count). The molecule has 0 N–H and O–H groups in total. The standard InChI is InChI=1S/C15H18N2O/c1-3-17(4-2)14-8-5-13(6-9-14)7-10-15-16-11-12-18-15/h5-12H,3-4H2,1-2H3. The lowest BCUT2D eigenvalue weighted by atomic mass is 10.2. The van der Waals surface area contributed by atoms with Crippen molar-refractivity contribution < 1.29 is 4.42 Å². The second-order valence-electron chi connectivity index (χ2n) is 3.97. The van der Waals surface area contributed by atoms with Crippen LogP contribution in [0.4, 0.5) is 5.69 Å². The van der Waals surface area contributed by atoms with E-state index in [1.54, 1.807) is 12.5 Å². The third kappa shape index (κ3) is 3.00. The van der Waals surface area contributed by atoms with Gasteiger partial charge in [-0.3, -0.25) is 0 Å². The summed E-state index contributed by atoms with van der Waals surface area (Å²) < 4.78 is 5.15. The van der Waals surface area contributed by atoms with Crippen molar-refractivity contribution in [3.05, 3.63) is 48.2 Å². The predicted octanol–water partition coefficient (Wildman–Crippen LogP) is 3.69. The van der Waals surface area contributed by atoms with Crippen LogP contribution in [0, 0.1) is 0 Å². The van der Waals surface area contributed by atoms with Gasteiger partial charge < -0.3 is 9.32 Å². The van der Waals surface area contributed by atoms with Crippen molar-refractivity contribution in [3.8, 4) is 0 Å². The van der Waals surface area contributed by atoms with Gasteiger partial charge in [0.15, 0.2) is 0 Å². The Hall–Kier alpha value is -2.03. The summed E-state index contributed by atoms with van der Waals surface area (Å²) in [6.07, 6.45) is 7.08. The van der Waals surface area contributed by atoms with E-state index in [1.807, 2.05) is 12.2 Å². The summed E-state index contributed by atoms with van der Waals surface area (Å²) in [6, 6.07) is 8.49. The van der Waals surface area contributed by atoms with Gasteiger partial charge in [0, 0.05) is 24.9 Å². The zero-order chi connectivity index (χ0) is 12.8. The van der Waals surface area contributed by atoms with Gasteiger partial charge in [0.05, 0.1) is 6.20 Å². The molecule has 18 heavy (non-hydrogen) atoms. The molecule has 2 aromatic rings. The zero-order valence-corrected chi connectivity index (χ0v) is 10.8. The molecule has 0 spiro atoms. The minimum Gasteiger partial charge on any atom is -0.445 e. The van der Waals surface area contributed by atoms with Crippen molar-refractivity contribution in [2.24, 2.45) is 0 Å². The predicted molar refractivity (Wildman–Crippen MR) is 75.4 cm³/mol. The highest BCUT2D eigenvalue weighted by Crippen LogP contribution is 2.16. The number of hydrogen-bond acceptors (Lipinski definition) is 3. The molecule has 0 saturated heterocycles. The number of anilines is 1. The number of oxazole rings is 1. The topological polar surface area (TPSA) is 29.3 Å². The molecule has 0 fully saturated rings. The quantitative estimate of drug-likeness (QED) is 0.800. The zero-order valence-electron chi connectivity index (χ0n) is 10.8. The van der Waals surface area contributed by atoms with E-state index < -0.39 is 0 Å². The number of aromatic nitrogens is 1. The summed E-state index contributed by atoms with van der Waals surface area (Å²) in [5.74, 6) is 0.628. The SMILES string of the molecule is CCN(CC)c1ccc(C=Cc2ncco2)cc1. The van der Waals surface area contributed by atoms with Gasteiger partial charge in [0.25, 0.3) is 0 Å². The van der Waals surface area contributed by atoms with Crippen molar-refractivity contribution >= 4 is 17.8 Å². The first-order chi connectivity index (χ1) is 8.83. The lowest BCUT2D eigenvalue weighted by Gasteiger charge is -2.20. The van der Waals surface area contributed by atoms with Gasteiger partial charge >= 0.3 is 0 Å². The second-order valence-corrected chi connectivity index (χ2v) is 3.97. The van der Waals surface area contributed by atoms with Crippen LogP contribution in [0.3, 0.4) is 0 Å². The number of benzene rings is 1. The van der Waals surface area contributed by atoms with E-state index in [1.165, 1.54) is 5.69 Å². The van der Waals surface area contributed by atoms with Crippen LogP contribution in [0.15, 0.2) is 41.1 Å². The molecule has 1 aromatic carbocycles. The summed E-state index contributed by atoms with van der Waals surface area (Å²) in [5, 5.41) is 0. The van der Waals surface area contributed by atoms with Crippen LogP contribution >= 0.6 is 0 Å². The Balaban J connectivity index is 2.08. The largest absolute Gasteiger partial charge is 0.445 e. The molecule has 0 atom stereocenters. The molecule has 0 bridgehead atoms. The molecular weight excluding hydrogens is 224 g/mol. The summed E-state index contributed by atoms with van der Waals surface area (Å²) in [4.78, 5) is 6.36. The number of nitrogens with zero attached hydrogens (tertiary/aromatic N) is 2. The molecule has 3 heteroatoms. The first-order valence-corrected chi connectivity index (χ1v) is 6.26. The normalized spacial score (nSPS) is 11.0. The monoisotopic (exact) mass is 242 g/mol. The van der Waals surface area contributed by atoms with Crippen LogP contribution in [-0.4, -0.2) is 18.1 Å². The van der Waals surface area contributed by atoms with E-state index in [-0.39, 0.29) is 0 Å². The molecule has 0 unspecified atom stereocenters. The highest BCUT2D eigenvalue weighted by Gasteiger charge is 2.00. The van der Waals surface area contributed by atoms with Crippen LogP contribution in [-0.2, 0) is 0 Å². The fourth-order valence-electron chi connectivity index (χ4n) is 1.87. The van der Waals surface area contributed by atoms with E-state index in [0.29, 0.717) is 5.89 Å². The maximum Gasteiger partial charge on any atom is 0.218 e. The average molecular weight is 242 g/mol. The van der Waals surface area contributed by atoms with Gasteiger partial charge in [-0.25, -0.2) is 4.98 Å². The third-order valence-electron chi connectivity index (χ3n) is 2.89. The van der Waals surface area contributed by atoms with Gasteiger partial charge in [-0.15, -0.1) is 0 Å². The van der Waals surface area contributed by atoms with Gasteiger partial charge in [-0.05, 0) is 37.6 Å². The third-order valence-corrected chi connectivity index (χ3v) is 2.89. The lowest BCUT2D eigenvalue weighted by molar-refractivity contribution is 0.547. The van der Waals surface area contributed by atoms with Crippen LogP contribution in [0.25, 0.3) is 12.2 Å². The minimum atomic E-state index is 0.628. The molecule has 94 valence electrons. The Morgan fingerprint density at radius 2 is 1.83 bits per heavy atom. The van der Waals surface area contributed by atoms with E-state index in [9.17, 15) is 0 Å². The van der Waals surface area contributed by atoms with Crippen LogP contribution in [0.1, 0.15) is 25.3 Å². The Morgan fingerprint density at radius 1 is 1.11 bits per heavy atom. The van der Waals surface area contributed by atoms with Crippen molar-refractivity contribution in [1.82, 2.24) is 4.98 Å². The van der Waals surface area contributed by atoms with E-state index in [4.69, 9.17) is 4.42 Å². The Morgan fingerprint density at radius 3 is 2.39 bits per heavy atom. The summed E-state index contributed by atoms with van der Waals surface area (Å²) in [5.41, 5.74) is 2.40. The van der Waals surface area contributed by atoms with E-state index in [0.717, 1.165) is 18.7 Å². The Bertz CT molecular complexity index is 482. The smallest absolute Gasteiger partial charge is 0.218 e. The summed E-state index contributed by atoms with van der Waals surface area (Å²) >= 11 is 0. The van der Waals surface area contributed by atoms with Crippen molar-refractivity contribution in [2.45, 2.75) is 13.8 Å². The Labute approximate surface area is 108 Å². The molecule has 1 heterocycles. The number of hydrogen-bond donors (Lipinski definition) is 0. The maximum absolute atomic E-state index is 5.15. The molecule has 0 saturated carbocycles. The van der Waals surface area contributed by atoms with E-state index >= 15 is 0 Å². The fourth-order valence-corrected chi connectivity index (χ4v) is 1.87. The first-order valence-electron chi connectivity index (χ1n) is 6.26. The lowest BCUT2D eigenvalue weighted by Crippen LogP contribution is -2.21. The molecule has 0 aliphatic rings. The summed E-state index contributed by atoms with van der Waals surface area (Å²) in [6.45, 7) is 6.39. The first kappa shape index (κ1) is 12.4. The van der Waals surface area contributed by atoms with Crippen LogP contribution in [0.5, 0.6) is 0 Å². The van der Waals surface area contributed by atoms with Gasteiger partial charge in [0.1, 0.15) is 6.26 Å². The summed E-state index contributed by atoms with van der Waals surface area (Å²) in [7, 11) is 0. The average Bonchev–Trinajstić information content (AvgIpc) is 2.92. The molecule has 0 aliphatic heterocycles. The van der Waals surface area contributed by atoms with Crippen molar-refractivity contribution in [2.75, 3.05) is 18.0 Å². The van der Waals surface area contributed by atoms with Gasteiger partial charge in [0.2, 0.25) is 5.89 Å². The molecule has 0 aliphatic carbocycles. The maximum atomic E-state index is 5.15. The molecular formula is C15H18N2O. The van der Waals surface area contributed by atoms with Gasteiger partial charge in [-0.2, -0.15) is 0 Å². The Kier molecular flexibility index (Phi) is 4.18. The van der Waals surface area contributed by atoms with E-state index in [2.05, 4.69) is 48.0 Å². The highest BCUT2D eigenvalue weighted by molar-refractivity contribution is 5.67. The fraction of sp³-hybridized carbons (Fsp3) is 0.267.